The molecule has 2 aromatic rings. The van der Waals surface area contributed by atoms with Gasteiger partial charge in [0.15, 0.2) is 0 Å². The summed E-state index contributed by atoms with van der Waals surface area (Å²) in [4.78, 5) is 35.8. The van der Waals surface area contributed by atoms with Crippen LogP contribution in [0, 0.1) is 10.1 Å². The van der Waals surface area contributed by atoms with Gasteiger partial charge in [-0.25, -0.2) is 4.90 Å². The van der Waals surface area contributed by atoms with Crippen molar-refractivity contribution < 1.29 is 24.7 Å². The molecule has 1 fully saturated rings. The van der Waals surface area contributed by atoms with Gasteiger partial charge in [0.25, 0.3) is 11.6 Å². The number of phenolic OH excluding ortho intramolecular Hbond substituents is 2. The Morgan fingerprint density at radius 3 is 2.60 bits per heavy atom. The summed E-state index contributed by atoms with van der Waals surface area (Å²) in [7, 11) is 0. The second-order valence-corrected chi connectivity index (χ2v) is 5.45. The van der Waals surface area contributed by atoms with E-state index in [1.165, 1.54) is 24.3 Å². The quantitative estimate of drug-likeness (QED) is 0.333. The number of nitro groups is 1. The van der Waals surface area contributed by atoms with Crippen LogP contribution in [0.15, 0.2) is 42.5 Å². The van der Waals surface area contributed by atoms with Crippen LogP contribution < -0.4 is 10.2 Å². The standard InChI is InChI=1S/C16H13N3O6/c20-11-3-1-2-9(6-11)18-15(22)8-13(16(18)23)17-12-7-10(19(24)25)4-5-14(12)21/h1-7,13,17,20-21H,8H2. The monoisotopic (exact) mass is 343 g/mol. The van der Waals surface area contributed by atoms with E-state index in [0.29, 0.717) is 0 Å². The van der Waals surface area contributed by atoms with Crippen molar-refractivity contribution >= 4 is 28.9 Å². The second kappa shape index (κ2) is 6.11. The molecule has 9 heteroatoms. The number of carbonyl (C=O) groups is 2. The summed E-state index contributed by atoms with van der Waals surface area (Å²) < 4.78 is 0. The number of anilines is 2. The average Bonchev–Trinajstić information content (AvgIpc) is 2.83. The Balaban J connectivity index is 1.86. The summed E-state index contributed by atoms with van der Waals surface area (Å²) in [5, 5.41) is 32.8. The van der Waals surface area contributed by atoms with E-state index in [4.69, 9.17) is 0 Å². The molecule has 0 bridgehead atoms. The van der Waals surface area contributed by atoms with Gasteiger partial charge >= 0.3 is 0 Å². The smallest absolute Gasteiger partial charge is 0.271 e. The minimum atomic E-state index is -0.984. The van der Waals surface area contributed by atoms with Gasteiger partial charge in [-0.3, -0.25) is 19.7 Å². The fourth-order valence-corrected chi connectivity index (χ4v) is 2.59. The SMILES string of the molecule is O=C1CC(Nc2cc([N+](=O)[O-])ccc2O)C(=O)N1c1cccc(O)c1. The van der Waals surface area contributed by atoms with E-state index >= 15 is 0 Å². The first-order valence-corrected chi connectivity index (χ1v) is 7.26. The molecule has 1 heterocycles. The van der Waals surface area contributed by atoms with Gasteiger partial charge in [-0.1, -0.05) is 6.07 Å². The third kappa shape index (κ3) is 3.07. The molecule has 0 spiro atoms. The summed E-state index contributed by atoms with van der Waals surface area (Å²) in [6, 6.07) is 8.05. The van der Waals surface area contributed by atoms with Crippen molar-refractivity contribution in [3.63, 3.8) is 0 Å². The molecule has 9 nitrogen and oxygen atoms in total. The molecule has 3 rings (SSSR count). The first-order valence-electron chi connectivity index (χ1n) is 7.26. The Hall–Kier alpha value is -3.62. The second-order valence-electron chi connectivity index (χ2n) is 5.45. The number of phenols is 2. The van der Waals surface area contributed by atoms with E-state index in [9.17, 15) is 29.9 Å². The molecule has 0 radical (unpaired) electrons. The summed E-state index contributed by atoms with van der Waals surface area (Å²) in [6.07, 6.45) is -0.184. The summed E-state index contributed by atoms with van der Waals surface area (Å²) in [5.74, 6) is -1.44. The molecule has 1 atom stereocenters. The molecule has 25 heavy (non-hydrogen) atoms. The number of hydrogen-bond donors (Lipinski definition) is 3. The Labute approximate surface area is 141 Å². The van der Waals surface area contributed by atoms with Crippen LogP contribution in [0.4, 0.5) is 17.1 Å². The number of nitrogens with one attached hydrogen (secondary N) is 1. The van der Waals surface area contributed by atoms with Gasteiger partial charge in [-0.2, -0.15) is 0 Å². The predicted octanol–water partition coefficient (Wildman–Crippen LogP) is 1.75. The summed E-state index contributed by atoms with van der Waals surface area (Å²) in [6.45, 7) is 0. The zero-order chi connectivity index (χ0) is 18.1. The van der Waals surface area contributed by atoms with E-state index in [0.717, 1.165) is 23.1 Å². The number of benzene rings is 2. The van der Waals surface area contributed by atoms with Gasteiger partial charge in [-0.05, 0) is 18.2 Å². The molecule has 2 amide bonds. The topological polar surface area (TPSA) is 133 Å². The fourth-order valence-electron chi connectivity index (χ4n) is 2.59. The normalized spacial score (nSPS) is 17.0. The number of hydrogen-bond acceptors (Lipinski definition) is 7. The largest absolute Gasteiger partial charge is 0.508 e. The van der Waals surface area contributed by atoms with Crippen LogP contribution >= 0.6 is 0 Å². The van der Waals surface area contributed by atoms with E-state index in [1.54, 1.807) is 0 Å². The van der Waals surface area contributed by atoms with Crippen LogP contribution in [0.1, 0.15) is 6.42 Å². The third-order valence-electron chi connectivity index (χ3n) is 3.76. The van der Waals surface area contributed by atoms with Crippen LogP contribution in [0.2, 0.25) is 0 Å². The molecule has 1 unspecified atom stereocenters. The molecule has 3 N–H and O–H groups in total. The molecular weight excluding hydrogens is 330 g/mol. The molecule has 1 aliphatic heterocycles. The first kappa shape index (κ1) is 16.2. The molecular formula is C16H13N3O6. The van der Waals surface area contributed by atoms with Gasteiger partial charge < -0.3 is 15.5 Å². The van der Waals surface area contributed by atoms with Gasteiger partial charge in [0.2, 0.25) is 5.91 Å². The van der Waals surface area contributed by atoms with Gasteiger partial charge in [0.1, 0.15) is 17.5 Å². The lowest BCUT2D eigenvalue weighted by atomic mass is 10.2. The number of nitrogens with zero attached hydrogens (tertiary/aromatic N) is 2. The number of aromatic hydroxyl groups is 2. The number of carbonyl (C=O) groups excluding carboxylic acids is 2. The molecule has 2 aromatic carbocycles. The number of nitro benzene ring substituents is 1. The molecule has 0 aliphatic carbocycles. The van der Waals surface area contributed by atoms with Crippen molar-refractivity contribution in [1.29, 1.82) is 0 Å². The molecule has 128 valence electrons. The fraction of sp³-hybridized carbons (Fsp3) is 0.125. The number of non-ortho nitro benzene ring substituents is 1. The zero-order valence-corrected chi connectivity index (χ0v) is 12.7. The maximum absolute atomic E-state index is 12.5. The average molecular weight is 343 g/mol. The molecule has 0 aromatic heterocycles. The van der Waals surface area contributed by atoms with Crippen molar-refractivity contribution in [2.24, 2.45) is 0 Å². The Morgan fingerprint density at radius 1 is 1.16 bits per heavy atom. The van der Waals surface area contributed by atoms with Crippen molar-refractivity contribution in [2.45, 2.75) is 12.5 Å². The van der Waals surface area contributed by atoms with E-state index in [2.05, 4.69) is 5.32 Å². The van der Waals surface area contributed by atoms with Gasteiger partial charge in [0.05, 0.1) is 22.7 Å². The molecule has 0 saturated carbocycles. The number of imide groups is 1. The summed E-state index contributed by atoms with van der Waals surface area (Å²) >= 11 is 0. The van der Waals surface area contributed by atoms with E-state index < -0.39 is 22.8 Å². The Bertz CT molecular complexity index is 882. The minimum Gasteiger partial charge on any atom is -0.508 e. The maximum Gasteiger partial charge on any atom is 0.271 e. The number of rotatable bonds is 4. The first-order chi connectivity index (χ1) is 11.9. The predicted molar refractivity (Wildman–Crippen MR) is 87.4 cm³/mol. The van der Waals surface area contributed by atoms with Crippen molar-refractivity contribution in [2.75, 3.05) is 10.2 Å². The van der Waals surface area contributed by atoms with E-state index in [1.807, 2.05) is 0 Å². The lowest BCUT2D eigenvalue weighted by molar-refractivity contribution is -0.384. The highest BCUT2D eigenvalue weighted by Gasteiger charge is 2.40. The lowest BCUT2D eigenvalue weighted by Crippen LogP contribution is -2.34. The van der Waals surface area contributed by atoms with Crippen LogP contribution in [-0.2, 0) is 9.59 Å². The third-order valence-corrected chi connectivity index (χ3v) is 3.76. The molecule has 1 aliphatic rings. The van der Waals surface area contributed by atoms with Crippen LogP contribution in [-0.4, -0.2) is 33.0 Å². The highest BCUT2D eigenvalue weighted by Crippen LogP contribution is 2.32. The number of amides is 2. The highest BCUT2D eigenvalue weighted by atomic mass is 16.6. The maximum atomic E-state index is 12.5. The van der Waals surface area contributed by atoms with Crippen molar-refractivity contribution in [3.8, 4) is 11.5 Å². The van der Waals surface area contributed by atoms with Crippen LogP contribution in [0.3, 0.4) is 0 Å². The minimum absolute atomic E-state index is 0.0156. The van der Waals surface area contributed by atoms with Gasteiger partial charge in [0, 0.05) is 18.2 Å². The van der Waals surface area contributed by atoms with Crippen LogP contribution in [0.5, 0.6) is 11.5 Å². The van der Waals surface area contributed by atoms with Gasteiger partial charge in [-0.15, -0.1) is 0 Å². The lowest BCUT2D eigenvalue weighted by Gasteiger charge is -2.16. The molecule has 1 saturated heterocycles. The van der Waals surface area contributed by atoms with Crippen molar-refractivity contribution in [3.05, 3.63) is 52.6 Å². The van der Waals surface area contributed by atoms with E-state index in [-0.39, 0.29) is 35.0 Å². The Kier molecular flexibility index (Phi) is 3.97. The zero-order valence-electron chi connectivity index (χ0n) is 12.7. The summed E-state index contributed by atoms with van der Waals surface area (Å²) in [5.41, 5.74) is -0.0532. The van der Waals surface area contributed by atoms with Crippen molar-refractivity contribution in [1.82, 2.24) is 0 Å². The Morgan fingerprint density at radius 2 is 1.92 bits per heavy atom. The highest BCUT2D eigenvalue weighted by molar-refractivity contribution is 6.23. The van der Waals surface area contributed by atoms with Crippen LogP contribution in [0.25, 0.3) is 0 Å².